The number of hydrogen-bond acceptors (Lipinski definition) is 1. The number of amides is 1. The summed E-state index contributed by atoms with van der Waals surface area (Å²) in [5.74, 6) is -0.825. The second-order valence-corrected chi connectivity index (χ2v) is 5.08. The quantitative estimate of drug-likeness (QED) is 0.771. The van der Waals surface area contributed by atoms with Gasteiger partial charge in [0.15, 0.2) is 0 Å². The lowest BCUT2D eigenvalue weighted by molar-refractivity contribution is 0.0793. The van der Waals surface area contributed by atoms with E-state index in [2.05, 4.69) is 0 Å². The summed E-state index contributed by atoms with van der Waals surface area (Å²) in [6.07, 6.45) is 0.694. The Balaban J connectivity index is 2.71. The molecule has 1 atom stereocenters. The lowest BCUT2D eigenvalue weighted by Crippen LogP contribution is -2.28. The molecule has 1 aromatic carbocycles. The molecule has 0 bridgehead atoms. The first kappa shape index (κ1) is 14.3. The Hall–Kier alpha value is -0.800. The number of benzene rings is 1. The van der Waals surface area contributed by atoms with Gasteiger partial charge in [0.25, 0.3) is 5.91 Å². The minimum absolute atomic E-state index is 0.00667. The van der Waals surface area contributed by atoms with E-state index < -0.39 is 5.82 Å². The Morgan fingerprint density at radius 2 is 2.18 bits per heavy atom. The summed E-state index contributed by atoms with van der Waals surface area (Å²) in [5.41, 5.74) is 0.289. The zero-order chi connectivity index (χ0) is 13.0. The molecule has 2 nitrogen and oxygen atoms in total. The van der Waals surface area contributed by atoms with Crippen molar-refractivity contribution in [1.29, 1.82) is 0 Å². The van der Waals surface area contributed by atoms with Crippen molar-refractivity contribution in [1.82, 2.24) is 4.90 Å². The molecular formula is C12H14Cl2FNO. The number of carbonyl (C=O) groups excluding carboxylic acids is 1. The Morgan fingerprint density at radius 1 is 1.53 bits per heavy atom. The maximum Gasteiger partial charge on any atom is 0.253 e. The minimum atomic E-state index is -0.586. The summed E-state index contributed by atoms with van der Waals surface area (Å²) < 4.78 is 13.2. The molecule has 0 radical (unpaired) electrons. The molecule has 17 heavy (non-hydrogen) atoms. The smallest absolute Gasteiger partial charge is 0.253 e. The largest absolute Gasteiger partial charge is 0.342 e. The van der Waals surface area contributed by atoms with Crippen molar-refractivity contribution < 1.29 is 9.18 Å². The van der Waals surface area contributed by atoms with Crippen LogP contribution in [-0.4, -0.2) is 29.8 Å². The summed E-state index contributed by atoms with van der Waals surface area (Å²) in [5, 5.41) is 0.0192. The van der Waals surface area contributed by atoms with E-state index in [1.807, 2.05) is 6.92 Å². The highest BCUT2D eigenvalue weighted by atomic mass is 35.5. The van der Waals surface area contributed by atoms with Gasteiger partial charge in [0, 0.05) is 24.5 Å². The summed E-state index contributed by atoms with van der Waals surface area (Å²) >= 11 is 11.4. The van der Waals surface area contributed by atoms with E-state index in [-0.39, 0.29) is 21.9 Å². The second-order valence-electron chi connectivity index (χ2n) is 3.93. The van der Waals surface area contributed by atoms with E-state index >= 15 is 0 Å². The van der Waals surface area contributed by atoms with Crippen LogP contribution in [0.2, 0.25) is 5.02 Å². The third kappa shape index (κ3) is 4.17. The summed E-state index contributed by atoms with van der Waals surface area (Å²) in [6.45, 7) is 2.40. The number of alkyl halides is 1. The van der Waals surface area contributed by atoms with Gasteiger partial charge in [0.1, 0.15) is 5.82 Å². The highest BCUT2D eigenvalue weighted by Crippen LogP contribution is 2.16. The van der Waals surface area contributed by atoms with Crippen LogP contribution in [0.3, 0.4) is 0 Å². The minimum Gasteiger partial charge on any atom is -0.342 e. The summed E-state index contributed by atoms with van der Waals surface area (Å²) in [7, 11) is 1.66. The molecule has 1 amide bonds. The van der Waals surface area contributed by atoms with Crippen molar-refractivity contribution in [3.8, 4) is 0 Å². The van der Waals surface area contributed by atoms with E-state index in [0.29, 0.717) is 13.0 Å². The van der Waals surface area contributed by atoms with Gasteiger partial charge in [0.05, 0.1) is 5.02 Å². The molecule has 0 aliphatic rings. The summed E-state index contributed by atoms with van der Waals surface area (Å²) in [4.78, 5) is 13.4. The monoisotopic (exact) mass is 277 g/mol. The lowest BCUT2D eigenvalue weighted by atomic mass is 10.2. The average Bonchev–Trinajstić information content (AvgIpc) is 2.28. The first-order valence-electron chi connectivity index (χ1n) is 5.26. The van der Waals surface area contributed by atoms with Crippen LogP contribution in [0.4, 0.5) is 4.39 Å². The van der Waals surface area contributed by atoms with Gasteiger partial charge in [-0.25, -0.2) is 4.39 Å². The van der Waals surface area contributed by atoms with E-state index in [1.54, 1.807) is 7.05 Å². The number of hydrogen-bond donors (Lipinski definition) is 0. The molecule has 0 saturated carbocycles. The molecule has 0 fully saturated rings. The van der Waals surface area contributed by atoms with Crippen molar-refractivity contribution in [3.05, 3.63) is 34.6 Å². The third-order valence-electron chi connectivity index (χ3n) is 2.38. The van der Waals surface area contributed by atoms with E-state index in [9.17, 15) is 9.18 Å². The maximum absolute atomic E-state index is 13.2. The Kier molecular flexibility index (Phi) is 5.22. The summed E-state index contributed by atoms with van der Waals surface area (Å²) in [6, 6.07) is 4.03. The van der Waals surface area contributed by atoms with Gasteiger partial charge in [-0.15, -0.1) is 11.6 Å². The third-order valence-corrected chi connectivity index (χ3v) is 2.90. The highest BCUT2D eigenvalue weighted by Gasteiger charge is 2.13. The van der Waals surface area contributed by atoms with Crippen LogP contribution in [0.25, 0.3) is 0 Å². The molecule has 1 aromatic rings. The molecule has 0 heterocycles. The molecule has 0 spiro atoms. The number of rotatable bonds is 4. The van der Waals surface area contributed by atoms with Gasteiger partial charge in [-0.2, -0.15) is 0 Å². The molecule has 0 aliphatic carbocycles. The Bertz CT molecular complexity index is 409. The second kappa shape index (κ2) is 6.22. The van der Waals surface area contributed by atoms with Gasteiger partial charge >= 0.3 is 0 Å². The normalized spacial score (nSPS) is 12.3. The van der Waals surface area contributed by atoms with Crippen molar-refractivity contribution in [3.63, 3.8) is 0 Å². The first-order valence-corrected chi connectivity index (χ1v) is 6.08. The van der Waals surface area contributed by atoms with E-state index in [1.165, 1.54) is 17.0 Å². The van der Waals surface area contributed by atoms with Gasteiger partial charge in [-0.3, -0.25) is 4.79 Å². The van der Waals surface area contributed by atoms with E-state index in [0.717, 1.165) is 6.07 Å². The van der Waals surface area contributed by atoms with Crippen molar-refractivity contribution in [2.75, 3.05) is 13.6 Å². The fourth-order valence-electron chi connectivity index (χ4n) is 1.32. The molecule has 1 unspecified atom stereocenters. The van der Waals surface area contributed by atoms with Crippen LogP contribution in [-0.2, 0) is 0 Å². The first-order chi connectivity index (χ1) is 7.91. The molecule has 1 rings (SSSR count). The van der Waals surface area contributed by atoms with Crippen LogP contribution < -0.4 is 0 Å². The Morgan fingerprint density at radius 3 is 2.71 bits per heavy atom. The standard InChI is InChI=1S/C12H14Cl2FNO/c1-8(13)5-6-16(2)12(17)9-3-4-10(14)11(15)7-9/h3-4,7-8H,5-6H2,1-2H3. The predicted molar refractivity (Wildman–Crippen MR) is 68.3 cm³/mol. The van der Waals surface area contributed by atoms with Crippen LogP contribution in [0.1, 0.15) is 23.7 Å². The molecule has 94 valence electrons. The number of nitrogens with zero attached hydrogens (tertiary/aromatic N) is 1. The fraction of sp³-hybridized carbons (Fsp3) is 0.417. The van der Waals surface area contributed by atoms with Crippen LogP contribution >= 0.6 is 23.2 Å². The van der Waals surface area contributed by atoms with Crippen LogP contribution in [0.5, 0.6) is 0 Å². The molecular weight excluding hydrogens is 264 g/mol. The van der Waals surface area contributed by atoms with Crippen molar-refractivity contribution in [2.24, 2.45) is 0 Å². The molecule has 0 N–H and O–H groups in total. The zero-order valence-electron chi connectivity index (χ0n) is 9.71. The van der Waals surface area contributed by atoms with Crippen LogP contribution in [0.15, 0.2) is 18.2 Å². The van der Waals surface area contributed by atoms with Crippen molar-refractivity contribution in [2.45, 2.75) is 18.7 Å². The zero-order valence-corrected chi connectivity index (χ0v) is 11.2. The van der Waals surface area contributed by atoms with Gasteiger partial charge in [-0.05, 0) is 31.5 Å². The van der Waals surface area contributed by atoms with Gasteiger partial charge < -0.3 is 4.90 Å². The molecule has 0 saturated heterocycles. The highest BCUT2D eigenvalue weighted by molar-refractivity contribution is 6.30. The van der Waals surface area contributed by atoms with Gasteiger partial charge in [0.2, 0.25) is 0 Å². The average molecular weight is 278 g/mol. The SMILES string of the molecule is CC(Cl)CCN(C)C(=O)c1ccc(Cl)c(F)c1. The topological polar surface area (TPSA) is 20.3 Å². The predicted octanol–water partition coefficient (Wildman–Crippen LogP) is 3.57. The van der Waals surface area contributed by atoms with Crippen molar-refractivity contribution >= 4 is 29.1 Å². The molecule has 0 aliphatic heterocycles. The lowest BCUT2D eigenvalue weighted by Gasteiger charge is -2.17. The fourth-order valence-corrected chi connectivity index (χ4v) is 1.54. The molecule has 0 aromatic heterocycles. The van der Waals surface area contributed by atoms with Crippen LogP contribution in [0, 0.1) is 5.82 Å². The number of halogens is 3. The van der Waals surface area contributed by atoms with E-state index in [4.69, 9.17) is 23.2 Å². The molecule has 5 heteroatoms. The number of carbonyl (C=O) groups is 1. The van der Waals surface area contributed by atoms with Gasteiger partial charge in [-0.1, -0.05) is 11.6 Å². The maximum atomic E-state index is 13.2. The Labute approximate surface area is 110 Å².